The van der Waals surface area contributed by atoms with E-state index in [1.807, 2.05) is 0 Å². The number of fused-ring (bicyclic) bond motifs is 1. The number of methoxy groups -OCH3 is 1. The number of aromatic nitrogens is 1. The van der Waals surface area contributed by atoms with Crippen molar-refractivity contribution in [3.05, 3.63) is 18.0 Å². The van der Waals surface area contributed by atoms with Crippen LogP contribution in [0.25, 0.3) is 0 Å². The number of hydrogen-bond acceptors (Lipinski definition) is 4. The maximum absolute atomic E-state index is 13.1. The molecule has 1 aliphatic heterocycles. The van der Waals surface area contributed by atoms with Crippen LogP contribution in [0.2, 0.25) is 0 Å². The number of nitrogens with zero attached hydrogens (tertiary/aromatic N) is 2. The molecule has 1 saturated carbocycles. The normalized spacial score (nSPS) is 25.8. The number of rotatable bonds is 3. The quantitative estimate of drug-likeness (QED) is 0.791. The Morgan fingerprint density at radius 3 is 2.65 bits per heavy atom. The van der Waals surface area contributed by atoms with Gasteiger partial charge in [0.15, 0.2) is 0 Å². The minimum atomic E-state index is -3.57. The molecule has 1 aromatic rings. The Bertz CT molecular complexity index is 693. The molecule has 6 nitrogen and oxygen atoms in total. The van der Waals surface area contributed by atoms with Gasteiger partial charge >= 0.3 is 5.97 Å². The molecule has 0 N–H and O–H groups in total. The van der Waals surface area contributed by atoms with Gasteiger partial charge < -0.3 is 9.30 Å². The van der Waals surface area contributed by atoms with Gasteiger partial charge in [-0.25, -0.2) is 13.2 Å². The van der Waals surface area contributed by atoms with Crippen LogP contribution >= 0.6 is 0 Å². The van der Waals surface area contributed by atoms with Crippen molar-refractivity contribution in [3.63, 3.8) is 0 Å². The molecule has 1 aromatic heterocycles. The fraction of sp³-hybridized carbons (Fsp3) is 0.688. The Hall–Kier alpha value is -1.34. The van der Waals surface area contributed by atoms with E-state index in [0.717, 1.165) is 32.1 Å². The van der Waals surface area contributed by atoms with Crippen molar-refractivity contribution in [3.8, 4) is 0 Å². The van der Waals surface area contributed by atoms with Crippen molar-refractivity contribution in [2.24, 2.45) is 13.0 Å². The molecule has 0 amide bonds. The zero-order valence-corrected chi connectivity index (χ0v) is 14.5. The summed E-state index contributed by atoms with van der Waals surface area (Å²) in [5.41, 5.74) is 0.253. The van der Waals surface area contributed by atoms with Crippen LogP contribution in [-0.2, 0) is 21.8 Å². The summed E-state index contributed by atoms with van der Waals surface area (Å²) in [4.78, 5) is 11.9. The monoisotopic (exact) mass is 340 g/mol. The predicted octanol–water partition coefficient (Wildman–Crippen LogP) is 2.16. The van der Waals surface area contributed by atoms with Crippen molar-refractivity contribution >= 4 is 16.0 Å². The van der Waals surface area contributed by atoms with Crippen LogP contribution in [0, 0.1) is 5.92 Å². The topological polar surface area (TPSA) is 68.6 Å². The number of sulfonamides is 1. The summed E-state index contributed by atoms with van der Waals surface area (Å²) in [7, 11) is -0.621. The highest BCUT2D eigenvalue weighted by atomic mass is 32.2. The Morgan fingerprint density at radius 2 is 1.91 bits per heavy atom. The first-order valence-electron chi connectivity index (χ1n) is 8.21. The highest BCUT2D eigenvalue weighted by Gasteiger charge is 2.40. The van der Waals surface area contributed by atoms with Gasteiger partial charge in [-0.1, -0.05) is 12.8 Å². The summed E-state index contributed by atoms with van der Waals surface area (Å²) in [6.45, 7) is 0.575. The Balaban J connectivity index is 1.93. The van der Waals surface area contributed by atoms with Crippen LogP contribution in [0.5, 0.6) is 0 Å². The lowest BCUT2D eigenvalue weighted by molar-refractivity contribution is 0.0590. The highest BCUT2D eigenvalue weighted by Crippen LogP contribution is 2.38. The van der Waals surface area contributed by atoms with Crippen molar-refractivity contribution in [1.29, 1.82) is 0 Å². The molecule has 0 aromatic carbocycles. The van der Waals surface area contributed by atoms with E-state index in [1.54, 1.807) is 11.4 Å². The SMILES string of the molecule is COC(=O)c1cc(S(=O)(=O)N2CCC[C@H]3CCCC[C@H]32)cn1C. The summed E-state index contributed by atoms with van der Waals surface area (Å²) in [5.74, 6) is -0.0424. The smallest absolute Gasteiger partial charge is 0.354 e. The zero-order chi connectivity index (χ0) is 16.6. The summed E-state index contributed by atoms with van der Waals surface area (Å²) in [6, 6.07) is 1.54. The molecule has 0 unspecified atom stereocenters. The number of carbonyl (C=O) groups is 1. The molecular weight excluding hydrogens is 316 g/mol. The molecule has 1 aliphatic carbocycles. The molecule has 7 heteroatoms. The van der Waals surface area contributed by atoms with Crippen molar-refractivity contribution in [1.82, 2.24) is 8.87 Å². The van der Waals surface area contributed by atoms with Crippen LogP contribution in [-0.4, -0.2) is 43.0 Å². The minimum Gasteiger partial charge on any atom is -0.464 e. The number of carbonyl (C=O) groups excluding carboxylic acids is 1. The molecule has 1 saturated heterocycles. The molecule has 2 atom stereocenters. The van der Waals surface area contributed by atoms with E-state index in [4.69, 9.17) is 4.74 Å². The largest absolute Gasteiger partial charge is 0.464 e. The van der Waals surface area contributed by atoms with Gasteiger partial charge in [0.25, 0.3) is 0 Å². The predicted molar refractivity (Wildman–Crippen MR) is 85.6 cm³/mol. The molecule has 0 radical (unpaired) electrons. The van der Waals surface area contributed by atoms with Gasteiger partial charge in [0.05, 0.1) is 7.11 Å². The van der Waals surface area contributed by atoms with E-state index >= 15 is 0 Å². The highest BCUT2D eigenvalue weighted by molar-refractivity contribution is 7.89. The fourth-order valence-corrected chi connectivity index (χ4v) is 5.82. The second-order valence-corrected chi connectivity index (χ2v) is 8.42. The van der Waals surface area contributed by atoms with Gasteiger partial charge in [0, 0.05) is 25.8 Å². The number of ether oxygens (including phenoxy) is 1. The van der Waals surface area contributed by atoms with E-state index in [1.165, 1.54) is 30.4 Å². The molecule has 0 bridgehead atoms. The second kappa shape index (κ2) is 6.28. The van der Waals surface area contributed by atoms with Gasteiger partial charge in [0.2, 0.25) is 10.0 Å². The molecule has 0 spiro atoms. The lowest BCUT2D eigenvalue weighted by Gasteiger charge is -2.42. The summed E-state index contributed by atoms with van der Waals surface area (Å²) >= 11 is 0. The summed E-state index contributed by atoms with van der Waals surface area (Å²) in [6.07, 6.45) is 7.91. The number of piperidine rings is 1. The van der Waals surface area contributed by atoms with Gasteiger partial charge in [-0.3, -0.25) is 0 Å². The lowest BCUT2D eigenvalue weighted by atomic mass is 9.79. The van der Waals surface area contributed by atoms with Crippen LogP contribution in [0.4, 0.5) is 0 Å². The van der Waals surface area contributed by atoms with Crippen molar-refractivity contribution < 1.29 is 17.9 Å². The maximum atomic E-state index is 13.1. The number of esters is 1. The van der Waals surface area contributed by atoms with E-state index in [0.29, 0.717) is 12.5 Å². The first kappa shape index (κ1) is 16.5. The molecule has 128 valence electrons. The Morgan fingerprint density at radius 1 is 1.22 bits per heavy atom. The third kappa shape index (κ3) is 2.92. The van der Waals surface area contributed by atoms with E-state index in [2.05, 4.69) is 0 Å². The van der Waals surface area contributed by atoms with E-state index in [-0.39, 0.29) is 16.6 Å². The van der Waals surface area contributed by atoms with Gasteiger partial charge in [-0.2, -0.15) is 4.31 Å². The maximum Gasteiger partial charge on any atom is 0.354 e. The zero-order valence-electron chi connectivity index (χ0n) is 13.7. The summed E-state index contributed by atoms with van der Waals surface area (Å²) < 4.78 is 34.1. The molecule has 2 heterocycles. The molecule has 23 heavy (non-hydrogen) atoms. The van der Waals surface area contributed by atoms with Gasteiger partial charge in [-0.05, 0) is 37.7 Å². The first-order valence-corrected chi connectivity index (χ1v) is 9.65. The van der Waals surface area contributed by atoms with Gasteiger partial charge in [-0.15, -0.1) is 0 Å². The van der Waals surface area contributed by atoms with Crippen molar-refractivity contribution in [2.75, 3.05) is 13.7 Å². The molecule has 2 aliphatic rings. The third-order valence-electron chi connectivity index (χ3n) is 5.17. The van der Waals surface area contributed by atoms with Crippen LogP contribution in [0.1, 0.15) is 49.0 Å². The van der Waals surface area contributed by atoms with Gasteiger partial charge in [0.1, 0.15) is 10.6 Å². The third-order valence-corrected chi connectivity index (χ3v) is 7.06. The Labute approximate surface area is 137 Å². The average molecular weight is 340 g/mol. The fourth-order valence-electron chi connectivity index (χ4n) is 4.00. The lowest BCUT2D eigenvalue weighted by Crippen LogP contribution is -2.49. The van der Waals surface area contributed by atoms with Crippen LogP contribution in [0.15, 0.2) is 17.2 Å². The minimum absolute atomic E-state index is 0.115. The van der Waals surface area contributed by atoms with E-state index < -0.39 is 16.0 Å². The number of aryl methyl sites for hydroxylation is 1. The van der Waals surface area contributed by atoms with Crippen LogP contribution in [0.3, 0.4) is 0 Å². The molecule has 2 fully saturated rings. The second-order valence-electron chi connectivity index (χ2n) is 6.53. The Kier molecular flexibility index (Phi) is 4.51. The number of hydrogen-bond donors (Lipinski definition) is 0. The van der Waals surface area contributed by atoms with Crippen molar-refractivity contribution in [2.45, 2.75) is 49.5 Å². The molecule has 3 rings (SSSR count). The standard InChI is InChI=1S/C16H24N2O4S/c1-17-11-13(10-15(17)16(19)22-2)23(20,21)18-9-5-7-12-6-3-4-8-14(12)18/h10-12,14H,3-9H2,1-2H3/t12-,14-/m1/s1. The summed E-state index contributed by atoms with van der Waals surface area (Å²) in [5, 5.41) is 0. The first-order chi connectivity index (χ1) is 10.9. The average Bonchev–Trinajstić information content (AvgIpc) is 2.96. The van der Waals surface area contributed by atoms with E-state index in [9.17, 15) is 13.2 Å². The van der Waals surface area contributed by atoms with Crippen LogP contribution < -0.4 is 0 Å². The molecular formula is C16H24N2O4S.